The molecule has 0 aliphatic carbocycles. The van der Waals surface area contributed by atoms with Crippen LogP contribution >= 0.6 is 23.2 Å². The first kappa shape index (κ1) is 37.9. The van der Waals surface area contributed by atoms with E-state index >= 15 is 26.3 Å². The van der Waals surface area contributed by atoms with Crippen molar-refractivity contribution < 1.29 is 70.3 Å². The van der Waals surface area contributed by atoms with Gasteiger partial charge in [0.05, 0.1) is 11.9 Å². The van der Waals surface area contributed by atoms with Crippen LogP contribution in [0.2, 0.25) is 0 Å². The van der Waals surface area contributed by atoms with Crippen molar-refractivity contribution in [1.29, 1.82) is 0 Å². The highest BCUT2D eigenvalue weighted by atomic mass is 35.5. The second-order valence-electron chi connectivity index (χ2n) is 10.3. The Balaban J connectivity index is 0.00000192. The van der Waals surface area contributed by atoms with E-state index < -0.39 is 121 Å². The third-order valence-corrected chi connectivity index (χ3v) is 7.47. The van der Waals surface area contributed by atoms with Crippen LogP contribution in [-0.4, -0.2) is 30.1 Å². The van der Waals surface area contributed by atoms with E-state index in [0.717, 1.165) is 12.1 Å². The summed E-state index contributed by atoms with van der Waals surface area (Å²) in [4.78, 5) is 0. The molecule has 0 spiro atoms. The van der Waals surface area contributed by atoms with E-state index in [1.54, 1.807) is 0 Å². The zero-order valence-electron chi connectivity index (χ0n) is 23.3. The molecule has 0 aliphatic heterocycles. The van der Waals surface area contributed by atoms with Crippen LogP contribution in [0.3, 0.4) is 0 Å². The first-order chi connectivity index (χ1) is 21.8. The molecule has 0 unspecified atom stereocenters. The van der Waals surface area contributed by atoms with Gasteiger partial charge in [-0.2, -0.15) is 0 Å². The molecule has 254 valence electrons. The van der Waals surface area contributed by atoms with Crippen molar-refractivity contribution in [1.82, 2.24) is 0 Å². The van der Waals surface area contributed by atoms with E-state index in [2.05, 4.69) is 0 Å². The molecule has 0 radical (unpaired) electrons. The minimum absolute atomic E-state index is 0.139. The van der Waals surface area contributed by atoms with E-state index in [1.807, 2.05) is 0 Å². The number of hydrogen-bond donors (Lipinski definition) is 0. The third kappa shape index (κ3) is 5.90. The number of alkyl halides is 2. The molecule has 0 N–H and O–H groups in total. The van der Waals surface area contributed by atoms with Crippen LogP contribution in [0.5, 0.6) is 0 Å². The van der Waals surface area contributed by atoms with Crippen molar-refractivity contribution in [3.8, 4) is 0 Å². The molecule has 0 saturated heterocycles. The van der Waals surface area contributed by atoms with Gasteiger partial charge in [-0.3, -0.25) is 0 Å². The van der Waals surface area contributed by atoms with E-state index in [9.17, 15) is 39.5 Å². The molecule has 19 heteroatoms. The summed E-state index contributed by atoms with van der Waals surface area (Å²) in [6.07, 6.45) is -5.76. The Labute approximate surface area is 265 Å². The van der Waals surface area contributed by atoms with Crippen molar-refractivity contribution in [3.63, 3.8) is 0 Å². The van der Waals surface area contributed by atoms with Crippen molar-refractivity contribution in [3.05, 3.63) is 123 Å². The van der Waals surface area contributed by atoms with E-state index in [-0.39, 0.29) is 10.9 Å². The minimum atomic E-state index is -5.76. The summed E-state index contributed by atoms with van der Waals surface area (Å²) in [6, 6.07) is 6.13. The van der Waals surface area contributed by atoms with Gasteiger partial charge in [-0.15, -0.1) is 23.2 Å². The molecule has 0 saturated carbocycles. The Morgan fingerprint density at radius 2 is 0.638 bits per heavy atom. The highest BCUT2D eigenvalue weighted by Crippen LogP contribution is 2.33. The predicted octanol–water partition coefficient (Wildman–Crippen LogP) is 7.44. The molecule has 47 heavy (non-hydrogen) atoms. The first-order valence-corrected chi connectivity index (χ1v) is 13.5. The van der Waals surface area contributed by atoms with E-state index in [4.69, 9.17) is 23.2 Å². The first-order valence-electron chi connectivity index (χ1n) is 12.5. The standard InChI is InChI=1S/C27H13BF15N.CH2Cl2/c1-44(2,8-9-6-4-3-5-7-9)28(10-13(29)19(35)25(41)20(36)14(10)30,11-15(31)21(37)26(42)22(38)16(11)32)12-17(33)23(39)27(43)24(40)18(12)34;2-1-3/h3-7H,8H2,1-2H3;1H2. The number of halogens is 17. The molecule has 0 aliphatic rings. The summed E-state index contributed by atoms with van der Waals surface area (Å²) in [5.41, 5.74) is -8.07. The molecule has 0 amide bonds. The van der Waals surface area contributed by atoms with Crippen LogP contribution in [0, 0.1) is 87.3 Å². The van der Waals surface area contributed by atoms with E-state index in [1.165, 1.54) is 18.2 Å². The van der Waals surface area contributed by atoms with Crippen molar-refractivity contribution in [2.45, 2.75) is 6.54 Å². The van der Waals surface area contributed by atoms with Gasteiger partial charge in [0.15, 0.2) is 52.4 Å². The van der Waals surface area contributed by atoms with Gasteiger partial charge in [-0.25, -0.2) is 65.9 Å². The number of rotatable bonds is 6. The molecule has 0 aromatic heterocycles. The minimum Gasteiger partial charge on any atom is -0.505 e. The quantitative estimate of drug-likeness (QED) is 0.0637. The van der Waals surface area contributed by atoms with Gasteiger partial charge >= 0.3 is 6.28 Å². The molecular formula is C28H15BCl2F15N. The number of nitrogens with zero attached hydrogens (tertiary/aromatic N) is 1. The average Bonchev–Trinajstić information content (AvgIpc) is 3.03. The maximum absolute atomic E-state index is 15.7. The Morgan fingerprint density at radius 1 is 0.426 bits per heavy atom. The maximum atomic E-state index is 15.7. The summed E-state index contributed by atoms with van der Waals surface area (Å²) in [7, 11) is 1.03. The molecule has 0 bridgehead atoms. The monoisotopic (exact) mass is 731 g/mol. The van der Waals surface area contributed by atoms with E-state index in [0.29, 0.717) is 14.1 Å². The lowest BCUT2D eigenvalue weighted by molar-refractivity contribution is -0.801. The molecular weight excluding hydrogens is 717 g/mol. The summed E-state index contributed by atoms with van der Waals surface area (Å²) < 4.78 is 223. The Morgan fingerprint density at radius 3 is 0.872 bits per heavy atom. The lowest BCUT2D eigenvalue weighted by Gasteiger charge is -2.57. The summed E-state index contributed by atoms with van der Waals surface area (Å²) >= 11 is 9.53. The second-order valence-corrected chi connectivity index (χ2v) is 11.1. The van der Waals surface area contributed by atoms with Crippen LogP contribution < -0.4 is 16.4 Å². The molecule has 4 aromatic carbocycles. The fraction of sp³-hybridized carbons (Fsp3) is 0.143. The van der Waals surface area contributed by atoms with Crippen LogP contribution in [0.4, 0.5) is 65.9 Å². The normalized spacial score (nSPS) is 11.9. The zero-order valence-corrected chi connectivity index (χ0v) is 24.8. The topological polar surface area (TPSA) is 0 Å². The predicted molar refractivity (Wildman–Crippen MR) is 142 cm³/mol. The summed E-state index contributed by atoms with van der Waals surface area (Å²) in [5, 5.41) is 0.194. The van der Waals surface area contributed by atoms with Crippen LogP contribution in [-0.2, 0) is 6.54 Å². The second kappa shape index (κ2) is 13.9. The number of quaternary nitrogens is 1. The molecule has 4 aromatic rings. The van der Waals surface area contributed by atoms with Crippen molar-refractivity contribution in [2.75, 3.05) is 19.4 Å². The van der Waals surface area contributed by atoms with Crippen molar-refractivity contribution >= 4 is 45.9 Å². The Kier molecular flexibility index (Phi) is 11.2. The molecule has 4 rings (SSSR count). The lowest BCUT2D eigenvalue weighted by Crippen LogP contribution is -2.86. The SMILES string of the molecule is C[N+](C)(Cc1ccccc1)[B-](c1c(F)c(F)c(F)c(F)c1F)(c1c(F)c(F)c(F)c(F)c1F)c1c(F)c(F)c(F)c(F)c1F.ClCCl. The van der Waals surface area contributed by atoms with Crippen molar-refractivity contribution in [2.24, 2.45) is 0 Å². The lowest BCUT2D eigenvalue weighted by atomic mass is 9.21. The summed E-state index contributed by atoms with van der Waals surface area (Å²) in [5.74, 6) is -45.3. The Hall–Kier alpha value is -3.57. The number of hydrogen-bond acceptors (Lipinski definition) is 0. The number of benzene rings is 4. The fourth-order valence-electron chi connectivity index (χ4n) is 5.64. The smallest absolute Gasteiger partial charge is 0.308 e. The Bertz CT molecular complexity index is 1600. The largest absolute Gasteiger partial charge is 0.505 e. The highest BCUT2D eigenvalue weighted by molar-refractivity contribution is 7.06. The van der Waals surface area contributed by atoms with Gasteiger partial charge in [0.1, 0.15) is 34.9 Å². The molecule has 0 atom stereocenters. The average molecular weight is 732 g/mol. The maximum Gasteiger partial charge on any atom is 0.308 e. The van der Waals surface area contributed by atoms with Crippen LogP contribution in [0.25, 0.3) is 0 Å². The molecule has 0 heterocycles. The summed E-state index contributed by atoms with van der Waals surface area (Å²) in [6.45, 7) is -1.08. The van der Waals surface area contributed by atoms with Gasteiger partial charge in [-0.05, 0) is 0 Å². The third-order valence-electron chi connectivity index (χ3n) is 7.47. The van der Waals surface area contributed by atoms with Gasteiger partial charge in [0.2, 0.25) is 0 Å². The fourth-order valence-corrected chi connectivity index (χ4v) is 5.64. The highest BCUT2D eigenvalue weighted by Gasteiger charge is 2.58. The molecule has 0 fully saturated rings. The van der Waals surface area contributed by atoms with Crippen LogP contribution in [0.1, 0.15) is 5.56 Å². The van der Waals surface area contributed by atoms with Crippen LogP contribution in [0.15, 0.2) is 30.3 Å². The van der Waals surface area contributed by atoms with Gasteiger partial charge in [0.25, 0.3) is 0 Å². The zero-order chi connectivity index (χ0) is 35.9. The van der Waals surface area contributed by atoms with Gasteiger partial charge in [0, 0.05) is 19.7 Å². The molecule has 1 nitrogen and oxygen atoms in total. The van der Waals surface area contributed by atoms with Gasteiger partial charge in [-0.1, -0.05) is 46.7 Å². The van der Waals surface area contributed by atoms with Gasteiger partial charge < -0.3 is 4.39 Å².